The molecule has 0 fully saturated rings. The van der Waals surface area contributed by atoms with Crippen molar-refractivity contribution >= 4 is 5.91 Å². The van der Waals surface area contributed by atoms with Crippen molar-refractivity contribution in [3.8, 4) is 6.07 Å². The number of benzene rings is 1. The molecule has 0 bridgehead atoms. The summed E-state index contributed by atoms with van der Waals surface area (Å²) in [7, 11) is 0. The highest BCUT2D eigenvalue weighted by Gasteiger charge is 2.06. The van der Waals surface area contributed by atoms with Gasteiger partial charge in [0.15, 0.2) is 0 Å². The van der Waals surface area contributed by atoms with Crippen molar-refractivity contribution in [2.45, 2.75) is 13.0 Å². The highest BCUT2D eigenvalue weighted by Crippen LogP contribution is 2.03. The van der Waals surface area contributed by atoms with Crippen molar-refractivity contribution in [1.29, 1.82) is 5.26 Å². The maximum absolute atomic E-state index is 11.6. The Morgan fingerprint density at radius 1 is 1.53 bits per heavy atom. The summed E-state index contributed by atoms with van der Waals surface area (Å²) in [6, 6.07) is 8.43. The Hall–Kier alpha value is -2.08. The molecular formula is C12H12N2O. The van der Waals surface area contributed by atoms with Crippen LogP contribution in [0.15, 0.2) is 36.9 Å². The van der Waals surface area contributed by atoms with Gasteiger partial charge in [-0.1, -0.05) is 6.08 Å². The highest BCUT2D eigenvalue weighted by molar-refractivity contribution is 5.94. The third-order valence-corrected chi connectivity index (χ3v) is 1.99. The standard InChI is InChI=1S/C12H12N2O/c1-3-9(2)14-12(15)11-6-4-10(8-13)5-7-11/h3-7,9H,1H2,2H3,(H,14,15)/t9-/m1/s1. The lowest BCUT2D eigenvalue weighted by Gasteiger charge is -2.08. The highest BCUT2D eigenvalue weighted by atomic mass is 16.1. The number of rotatable bonds is 3. The Morgan fingerprint density at radius 2 is 2.13 bits per heavy atom. The zero-order valence-electron chi connectivity index (χ0n) is 8.53. The van der Waals surface area contributed by atoms with E-state index in [1.165, 1.54) is 0 Å². The third-order valence-electron chi connectivity index (χ3n) is 1.99. The number of carbonyl (C=O) groups excluding carboxylic acids is 1. The first-order chi connectivity index (χ1) is 7.17. The van der Waals surface area contributed by atoms with E-state index in [0.717, 1.165) is 0 Å². The van der Waals surface area contributed by atoms with Gasteiger partial charge < -0.3 is 5.32 Å². The smallest absolute Gasteiger partial charge is 0.251 e. The molecule has 3 heteroatoms. The van der Waals surface area contributed by atoms with Crippen molar-refractivity contribution in [2.24, 2.45) is 0 Å². The average Bonchev–Trinajstić information content (AvgIpc) is 2.29. The van der Waals surface area contributed by atoms with Gasteiger partial charge in [0.25, 0.3) is 5.91 Å². The Labute approximate surface area is 89.0 Å². The zero-order chi connectivity index (χ0) is 11.3. The van der Waals surface area contributed by atoms with E-state index in [9.17, 15) is 4.79 Å². The van der Waals surface area contributed by atoms with Gasteiger partial charge in [0.05, 0.1) is 11.6 Å². The monoisotopic (exact) mass is 200 g/mol. The summed E-state index contributed by atoms with van der Waals surface area (Å²) in [6.45, 7) is 5.42. The zero-order valence-corrected chi connectivity index (χ0v) is 8.53. The summed E-state index contributed by atoms with van der Waals surface area (Å²) in [5.74, 6) is -0.160. The number of nitriles is 1. The molecule has 0 aromatic heterocycles. The van der Waals surface area contributed by atoms with E-state index in [1.807, 2.05) is 13.0 Å². The second-order valence-corrected chi connectivity index (χ2v) is 3.19. The van der Waals surface area contributed by atoms with E-state index in [0.29, 0.717) is 11.1 Å². The molecule has 1 rings (SSSR count). The van der Waals surface area contributed by atoms with Crippen LogP contribution >= 0.6 is 0 Å². The molecule has 1 aromatic rings. The summed E-state index contributed by atoms with van der Waals surface area (Å²) in [4.78, 5) is 11.6. The van der Waals surface area contributed by atoms with Gasteiger partial charge in [0.1, 0.15) is 0 Å². The minimum absolute atomic E-state index is 0.0619. The lowest BCUT2D eigenvalue weighted by Crippen LogP contribution is -2.30. The second-order valence-electron chi connectivity index (χ2n) is 3.19. The van der Waals surface area contributed by atoms with Crippen molar-refractivity contribution in [3.05, 3.63) is 48.0 Å². The lowest BCUT2D eigenvalue weighted by atomic mass is 10.1. The molecule has 15 heavy (non-hydrogen) atoms. The number of amides is 1. The van der Waals surface area contributed by atoms with Gasteiger partial charge in [-0.05, 0) is 31.2 Å². The van der Waals surface area contributed by atoms with Crippen LogP contribution in [0.3, 0.4) is 0 Å². The van der Waals surface area contributed by atoms with Crippen LogP contribution < -0.4 is 5.32 Å². The molecule has 0 saturated carbocycles. The maximum atomic E-state index is 11.6. The minimum atomic E-state index is -0.160. The van der Waals surface area contributed by atoms with Crippen molar-refractivity contribution in [1.82, 2.24) is 5.32 Å². The molecule has 0 aliphatic heterocycles. The van der Waals surface area contributed by atoms with Gasteiger partial charge in [-0.3, -0.25) is 4.79 Å². The van der Waals surface area contributed by atoms with Crippen LogP contribution in [0.2, 0.25) is 0 Å². The van der Waals surface area contributed by atoms with Gasteiger partial charge >= 0.3 is 0 Å². The molecule has 0 radical (unpaired) electrons. The fourth-order valence-electron chi connectivity index (χ4n) is 1.05. The molecule has 76 valence electrons. The predicted octanol–water partition coefficient (Wildman–Crippen LogP) is 1.86. The first-order valence-electron chi connectivity index (χ1n) is 4.61. The summed E-state index contributed by atoms with van der Waals surface area (Å²) < 4.78 is 0. The van der Waals surface area contributed by atoms with E-state index in [2.05, 4.69) is 11.9 Å². The number of carbonyl (C=O) groups is 1. The van der Waals surface area contributed by atoms with Gasteiger partial charge in [-0.15, -0.1) is 6.58 Å². The van der Waals surface area contributed by atoms with E-state index in [-0.39, 0.29) is 11.9 Å². The quantitative estimate of drug-likeness (QED) is 0.757. The summed E-state index contributed by atoms with van der Waals surface area (Å²) in [6.07, 6.45) is 1.65. The predicted molar refractivity (Wildman–Crippen MR) is 58.3 cm³/mol. The molecule has 3 nitrogen and oxygen atoms in total. The molecule has 0 spiro atoms. The normalized spacial score (nSPS) is 11.2. The average molecular weight is 200 g/mol. The van der Waals surface area contributed by atoms with Crippen molar-refractivity contribution < 1.29 is 4.79 Å². The van der Waals surface area contributed by atoms with Crippen LogP contribution in [0, 0.1) is 11.3 Å². The van der Waals surface area contributed by atoms with Crippen LogP contribution in [0.5, 0.6) is 0 Å². The van der Waals surface area contributed by atoms with Gasteiger partial charge in [-0.25, -0.2) is 0 Å². The Kier molecular flexibility index (Phi) is 3.64. The topological polar surface area (TPSA) is 52.9 Å². The molecule has 1 amide bonds. The van der Waals surface area contributed by atoms with E-state index >= 15 is 0 Å². The minimum Gasteiger partial charge on any atom is -0.346 e. The first kappa shape index (κ1) is 11.0. The number of nitrogens with one attached hydrogen (secondary N) is 1. The van der Waals surface area contributed by atoms with Crippen molar-refractivity contribution in [3.63, 3.8) is 0 Å². The number of hydrogen-bond acceptors (Lipinski definition) is 2. The van der Waals surface area contributed by atoms with Gasteiger partial charge in [-0.2, -0.15) is 5.26 Å². The van der Waals surface area contributed by atoms with Crippen LogP contribution in [0.25, 0.3) is 0 Å². The lowest BCUT2D eigenvalue weighted by molar-refractivity contribution is 0.0947. The van der Waals surface area contributed by atoms with Crippen LogP contribution in [-0.4, -0.2) is 11.9 Å². The molecule has 1 aromatic carbocycles. The molecule has 1 atom stereocenters. The third kappa shape index (κ3) is 2.96. The summed E-state index contributed by atoms with van der Waals surface area (Å²) in [5, 5.41) is 11.3. The fraction of sp³-hybridized carbons (Fsp3) is 0.167. The van der Waals surface area contributed by atoms with Crippen LogP contribution in [0.1, 0.15) is 22.8 Å². The SMILES string of the molecule is C=C[C@@H](C)NC(=O)c1ccc(C#N)cc1. The fourth-order valence-corrected chi connectivity index (χ4v) is 1.05. The van der Waals surface area contributed by atoms with Gasteiger partial charge in [0.2, 0.25) is 0 Å². The van der Waals surface area contributed by atoms with E-state index in [4.69, 9.17) is 5.26 Å². The largest absolute Gasteiger partial charge is 0.346 e. The maximum Gasteiger partial charge on any atom is 0.251 e. The molecular weight excluding hydrogens is 188 g/mol. The number of nitrogens with zero attached hydrogens (tertiary/aromatic N) is 1. The molecule has 1 N–H and O–H groups in total. The van der Waals surface area contributed by atoms with E-state index < -0.39 is 0 Å². The molecule has 0 heterocycles. The molecule has 0 aliphatic carbocycles. The van der Waals surface area contributed by atoms with E-state index in [1.54, 1.807) is 30.3 Å². The summed E-state index contributed by atoms with van der Waals surface area (Å²) in [5.41, 5.74) is 1.09. The van der Waals surface area contributed by atoms with Crippen molar-refractivity contribution in [2.75, 3.05) is 0 Å². The Bertz CT molecular complexity index is 401. The van der Waals surface area contributed by atoms with Crippen LogP contribution in [-0.2, 0) is 0 Å². The van der Waals surface area contributed by atoms with Gasteiger partial charge in [0, 0.05) is 11.6 Å². The molecule has 0 saturated heterocycles. The Morgan fingerprint density at radius 3 is 2.60 bits per heavy atom. The second kappa shape index (κ2) is 4.97. The first-order valence-corrected chi connectivity index (χ1v) is 4.61. The Balaban J connectivity index is 2.75. The number of hydrogen-bond donors (Lipinski definition) is 1. The molecule has 0 aliphatic rings. The van der Waals surface area contributed by atoms with Crippen LogP contribution in [0.4, 0.5) is 0 Å². The summed E-state index contributed by atoms with van der Waals surface area (Å²) >= 11 is 0. The molecule has 0 unspecified atom stereocenters.